The Morgan fingerprint density at radius 3 is 2.89 bits per heavy atom. The normalized spacial score (nSPS) is 20.2. The van der Waals surface area contributed by atoms with Crippen LogP contribution in [0.4, 0.5) is 5.95 Å². The van der Waals surface area contributed by atoms with Crippen LogP contribution in [-0.2, 0) is 0 Å². The minimum absolute atomic E-state index is 0.00819. The molecule has 2 aliphatic heterocycles. The van der Waals surface area contributed by atoms with Crippen molar-refractivity contribution >= 4 is 11.9 Å². The first-order chi connectivity index (χ1) is 13.7. The zero-order valence-corrected chi connectivity index (χ0v) is 16.3. The van der Waals surface area contributed by atoms with Gasteiger partial charge < -0.3 is 19.9 Å². The van der Waals surface area contributed by atoms with Crippen molar-refractivity contribution in [3.63, 3.8) is 0 Å². The minimum atomic E-state index is -0.00819. The first-order valence-electron chi connectivity index (χ1n) is 10.0. The summed E-state index contributed by atoms with van der Waals surface area (Å²) < 4.78 is 7.38. The van der Waals surface area contributed by atoms with Gasteiger partial charge in [-0.15, -0.1) is 0 Å². The zero-order chi connectivity index (χ0) is 19.3. The van der Waals surface area contributed by atoms with Gasteiger partial charge in [0.2, 0.25) is 11.8 Å². The first kappa shape index (κ1) is 18.7. The minimum Gasteiger partial charge on any atom is -0.478 e. The highest BCUT2D eigenvalue weighted by atomic mass is 16.5. The summed E-state index contributed by atoms with van der Waals surface area (Å²) in [7, 11) is 0. The Hall–Kier alpha value is -2.68. The molecule has 1 N–H and O–H groups in total. The SMILES string of the molecule is CCOc1ccnc(N2CCN(C(=O)c3ccn(C4CCCNC4)n3)CC2)n1. The van der Waals surface area contributed by atoms with Crippen molar-refractivity contribution in [1.82, 2.24) is 30.0 Å². The number of piperidine rings is 1. The highest BCUT2D eigenvalue weighted by Crippen LogP contribution is 2.18. The van der Waals surface area contributed by atoms with Gasteiger partial charge in [-0.05, 0) is 32.4 Å². The topological polar surface area (TPSA) is 88.4 Å². The summed E-state index contributed by atoms with van der Waals surface area (Å²) in [4.78, 5) is 25.6. The molecule has 2 aromatic heterocycles. The van der Waals surface area contributed by atoms with Crippen molar-refractivity contribution in [3.05, 3.63) is 30.2 Å². The van der Waals surface area contributed by atoms with E-state index >= 15 is 0 Å². The van der Waals surface area contributed by atoms with E-state index in [2.05, 4.69) is 25.3 Å². The summed E-state index contributed by atoms with van der Waals surface area (Å²) >= 11 is 0. The molecule has 4 heterocycles. The third kappa shape index (κ3) is 4.09. The fourth-order valence-corrected chi connectivity index (χ4v) is 3.70. The van der Waals surface area contributed by atoms with Gasteiger partial charge in [-0.3, -0.25) is 9.48 Å². The summed E-state index contributed by atoms with van der Waals surface area (Å²) in [6, 6.07) is 3.92. The summed E-state index contributed by atoms with van der Waals surface area (Å²) in [6.07, 6.45) is 5.87. The Bertz CT molecular complexity index is 795. The molecule has 2 fully saturated rings. The van der Waals surface area contributed by atoms with E-state index in [0.29, 0.717) is 56.4 Å². The van der Waals surface area contributed by atoms with Gasteiger partial charge in [0.25, 0.3) is 5.91 Å². The van der Waals surface area contributed by atoms with Crippen LogP contribution in [0.5, 0.6) is 5.88 Å². The van der Waals surface area contributed by atoms with E-state index in [9.17, 15) is 4.79 Å². The molecule has 1 atom stereocenters. The third-order valence-corrected chi connectivity index (χ3v) is 5.23. The van der Waals surface area contributed by atoms with Gasteiger partial charge in [0.15, 0.2) is 0 Å². The number of anilines is 1. The molecule has 9 nitrogen and oxygen atoms in total. The van der Waals surface area contributed by atoms with Crippen molar-refractivity contribution in [3.8, 4) is 5.88 Å². The van der Waals surface area contributed by atoms with Gasteiger partial charge >= 0.3 is 0 Å². The highest BCUT2D eigenvalue weighted by molar-refractivity contribution is 5.92. The summed E-state index contributed by atoms with van der Waals surface area (Å²) in [5, 5.41) is 7.93. The van der Waals surface area contributed by atoms with Crippen molar-refractivity contribution < 1.29 is 9.53 Å². The van der Waals surface area contributed by atoms with Crippen LogP contribution in [0.2, 0.25) is 0 Å². The Labute approximate surface area is 164 Å². The zero-order valence-electron chi connectivity index (χ0n) is 16.3. The van der Waals surface area contributed by atoms with Crippen molar-refractivity contribution in [1.29, 1.82) is 0 Å². The molecule has 0 aliphatic carbocycles. The number of hydrogen-bond acceptors (Lipinski definition) is 7. The Morgan fingerprint density at radius 1 is 1.29 bits per heavy atom. The summed E-state index contributed by atoms with van der Waals surface area (Å²) in [6.45, 7) is 7.10. The van der Waals surface area contributed by atoms with Crippen LogP contribution in [0.25, 0.3) is 0 Å². The molecule has 150 valence electrons. The lowest BCUT2D eigenvalue weighted by atomic mass is 10.1. The van der Waals surface area contributed by atoms with Crippen LogP contribution in [0.1, 0.15) is 36.3 Å². The third-order valence-electron chi connectivity index (χ3n) is 5.23. The Kier molecular flexibility index (Phi) is 5.70. The molecule has 0 radical (unpaired) electrons. The van der Waals surface area contributed by atoms with Crippen LogP contribution in [0.15, 0.2) is 24.5 Å². The Balaban J connectivity index is 1.35. The van der Waals surface area contributed by atoms with Crippen LogP contribution >= 0.6 is 0 Å². The predicted molar refractivity (Wildman–Crippen MR) is 105 cm³/mol. The monoisotopic (exact) mass is 385 g/mol. The average molecular weight is 385 g/mol. The highest BCUT2D eigenvalue weighted by Gasteiger charge is 2.26. The second kappa shape index (κ2) is 8.55. The molecule has 1 unspecified atom stereocenters. The molecule has 0 bridgehead atoms. The number of aromatic nitrogens is 4. The maximum atomic E-state index is 12.8. The second-order valence-electron chi connectivity index (χ2n) is 7.09. The number of carbonyl (C=O) groups is 1. The molecule has 2 aromatic rings. The van der Waals surface area contributed by atoms with E-state index in [-0.39, 0.29) is 5.91 Å². The van der Waals surface area contributed by atoms with Crippen molar-refractivity contribution in [2.24, 2.45) is 0 Å². The van der Waals surface area contributed by atoms with Gasteiger partial charge in [0.1, 0.15) is 5.69 Å². The fraction of sp³-hybridized carbons (Fsp3) is 0.579. The smallest absolute Gasteiger partial charge is 0.274 e. The van der Waals surface area contributed by atoms with Gasteiger partial charge in [-0.2, -0.15) is 10.1 Å². The number of nitrogens with one attached hydrogen (secondary N) is 1. The predicted octanol–water partition coefficient (Wildman–Crippen LogP) is 0.959. The number of hydrogen-bond donors (Lipinski definition) is 1. The van der Waals surface area contributed by atoms with Crippen LogP contribution < -0.4 is 15.0 Å². The molecular formula is C19H27N7O2. The number of piperazine rings is 1. The molecule has 2 saturated heterocycles. The number of amides is 1. The first-order valence-corrected chi connectivity index (χ1v) is 10.0. The van der Waals surface area contributed by atoms with Gasteiger partial charge in [-0.25, -0.2) is 4.98 Å². The van der Waals surface area contributed by atoms with E-state index in [1.54, 1.807) is 12.3 Å². The van der Waals surface area contributed by atoms with Gasteiger partial charge in [-0.1, -0.05) is 0 Å². The standard InChI is InChI=1S/C19H27N7O2/c1-2-28-17-5-8-21-19(22-17)25-12-10-24(11-13-25)18(27)16-6-9-26(23-16)15-4-3-7-20-14-15/h5-6,8-9,15,20H,2-4,7,10-14H2,1H3. The number of rotatable bonds is 5. The maximum absolute atomic E-state index is 12.8. The molecule has 9 heteroatoms. The van der Waals surface area contributed by atoms with E-state index in [4.69, 9.17) is 4.74 Å². The lowest BCUT2D eigenvalue weighted by Crippen LogP contribution is -2.49. The lowest BCUT2D eigenvalue weighted by Gasteiger charge is -2.34. The molecule has 0 saturated carbocycles. The van der Waals surface area contributed by atoms with E-state index in [1.165, 1.54) is 0 Å². The molecule has 0 aromatic carbocycles. The van der Waals surface area contributed by atoms with E-state index in [1.807, 2.05) is 28.8 Å². The largest absolute Gasteiger partial charge is 0.478 e. The van der Waals surface area contributed by atoms with Crippen LogP contribution in [0.3, 0.4) is 0 Å². The summed E-state index contributed by atoms with van der Waals surface area (Å²) in [5.41, 5.74) is 0.522. The molecule has 4 rings (SSSR count). The fourth-order valence-electron chi connectivity index (χ4n) is 3.70. The maximum Gasteiger partial charge on any atom is 0.274 e. The van der Waals surface area contributed by atoms with Crippen molar-refractivity contribution in [2.75, 3.05) is 50.8 Å². The van der Waals surface area contributed by atoms with Crippen molar-refractivity contribution in [2.45, 2.75) is 25.8 Å². The van der Waals surface area contributed by atoms with E-state index < -0.39 is 0 Å². The second-order valence-corrected chi connectivity index (χ2v) is 7.09. The molecule has 0 spiro atoms. The number of ether oxygens (including phenoxy) is 1. The van der Waals surface area contributed by atoms with Crippen LogP contribution in [0, 0.1) is 0 Å². The summed E-state index contributed by atoms with van der Waals surface area (Å²) in [5.74, 6) is 1.21. The van der Waals surface area contributed by atoms with E-state index in [0.717, 1.165) is 25.9 Å². The average Bonchev–Trinajstić information content (AvgIpc) is 3.25. The van der Waals surface area contributed by atoms with Gasteiger partial charge in [0, 0.05) is 51.2 Å². The molecular weight excluding hydrogens is 358 g/mol. The molecule has 1 amide bonds. The Morgan fingerprint density at radius 2 is 2.14 bits per heavy atom. The molecule has 2 aliphatic rings. The number of nitrogens with zero attached hydrogens (tertiary/aromatic N) is 6. The van der Waals surface area contributed by atoms with Gasteiger partial charge in [0.05, 0.1) is 12.6 Å². The quantitative estimate of drug-likeness (QED) is 0.820. The lowest BCUT2D eigenvalue weighted by molar-refractivity contribution is 0.0738. The number of carbonyl (C=O) groups excluding carboxylic acids is 1. The molecule has 28 heavy (non-hydrogen) atoms. The van der Waals surface area contributed by atoms with Crippen LogP contribution in [-0.4, -0.2) is 76.4 Å².